The number of hydrogen-bond acceptors (Lipinski definition) is 3. The van der Waals surface area contributed by atoms with E-state index in [2.05, 4.69) is 20.6 Å². The van der Waals surface area contributed by atoms with Gasteiger partial charge in [-0.05, 0) is 44.0 Å². The number of oxazole rings is 1. The van der Waals surface area contributed by atoms with Gasteiger partial charge in [-0.2, -0.15) is 0 Å². The fraction of sp³-hybridized carbons (Fsp3) is 0.375. The second-order valence-electron chi connectivity index (χ2n) is 5.13. The van der Waals surface area contributed by atoms with Crippen LogP contribution in [0.2, 0.25) is 10.0 Å². The molecule has 0 radical (unpaired) electrons. The first-order valence-corrected chi connectivity index (χ1v) is 8.06. The lowest BCUT2D eigenvalue weighted by Gasteiger charge is -2.11. The van der Waals surface area contributed by atoms with Crippen LogP contribution in [0.25, 0.3) is 0 Å². The van der Waals surface area contributed by atoms with Gasteiger partial charge in [-0.25, -0.2) is 4.98 Å². The van der Waals surface area contributed by atoms with Gasteiger partial charge < -0.3 is 15.1 Å². The van der Waals surface area contributed by atoms with Crippen LogP contribution in [-0.4, -0.2) is 24.5 Å². The summed E-state index contributed by atoms with van der Waals surface area (Å²) >= 11 is 12.0. The molecule has 5 nitrogen and oxygen atoms in total. The summed E-state index contributed by atoms with van der Waals surface area (Å²) in [6.07, 6.45) is 0.790. The second-order valence-corrected chi connectivity index (χ2v) is 6.00. The minimum absolute atomic E-state index is 0.483. The van der Waals surface area contributed by atoms with Gasteiger partial charge in [0, 0.05) is 23.6 Å². The van der Waals surface area contributed by atoms with Gasteiger partial charge >= 0.3 is 0 Å². The van der Waals surface area contributed by atoms with Crippen LogP contribution in [-0.2, 0) is 13.0 Å². The SMILES string of the molecule is CN=C(NCCc1cc(Cl)cc(Cl)c1)NCc1nc(C)c(C)o1. The number of halogens is 2. The summed E-state index contributed by atoms with van der Waals surface area (Å²) in [6, 6.07) is 5.54. The van der Waals surface area contributed by atoms with Crippen LogP contribution >= 0.6 is 23.2 Å². The molecule has 0 aliphatic heterocycles. The Labute approximate surface area is 146 Å². The fourth-order valence-corrected chi connectivity index (χ4v) is 2.65. The molecule has 0 saturated carbocycles. The monoisotopic (exact) mass is 354 g/mol. The first kappa shape index (κ1) is 17.6. The summed E-state index contributed by atoms with van der Waals surface area (Å²) in [5.41, 5.74) is 1.98. The minimum atomic E-state index is 0.483. The second kappa shape index (κ2) is 8.22. The zero-order chi connectivity index (χ0) is 16.8. The molecule has 1 aromatic carbocycles. The molecule has 0 bridgehead atoms. The number of hydrogen-bond donors (Lipinski definition) is 2. The number of aromatic nitrogens is 1. The van der Waals surface area contributed by atoms with Crippen molar-refractivity contribution in [3.05, 3.63) is 51.2 Å². The van der Waals surface area contributed by atoms with E-state index in [0.29, 0.717) is 35.0 Å². The summed E-state index contributed by atoms with van der Waals surface area (Å²) in [4.78, 5) is 8.49. The molecule has 2 rings (SSSR count). The van der Waals surface area contributed by atoms with E-state index in [1.165, 1.54) is 0 Å². The van der Waals surface area contributed by atoms with Gasteiger partial charge in [-0.3, -0.25) is 4.99 Å². The molecule has 0 saturated heterocycles. The van der Waals surface area contributed by atoms with Crippen molar-refractivity contribution >= 4 is 29.2 Å². The van der Waals surface area contributed by atoms with E-state index < -0.39 is 0 Å². The van der Waals surface area contributed by atoms with Crippen molar-refractivity contribution in [3.63, 3.8) is 0 Å². The van der Waals surface area contributed by atoms with Crippen molar-refractivity contribution in [1.82, 2.24) is 15.6 Å². The molecule has 0 aliphatic rings. The average Bonchev–Trinajstić information content (AvgIpc) is 2.80. The smallest absolute Gasteiger partial charge is 0.214 e. The van der Waals surface area contributed by atoms with Crippen LogP contribution in [0.15, 0.2) is 27.6 Å². The van der Waals surface area contributed by atoms with Gasteiger partial charge in [0.15, 0.2) is 5.96 Å². The van der Waals surface area contributed by atoms with E-state index in [1.807, 2.05) is 26.0 Å². The predicted molar refractivity (Wildman–Crippen MR) is 94.3 cm³/mol. The van der Waals surface area contributed by atoms with Crippen LogP contribution < -0.4 is 10.6 Å². The zero-order valence-electron chi connectivity index (χ0n) is 13.4. The number of aryl methyl sites for hydroxylation is 2. The van der Waals surface area contributed by atoms with Gasteiger partial charge in [0.25, 0.3) is 0 Å². The Morgan fingerprint density at radius 2 is 1.87 bits per heavy atom. The highest BCUT2D eigenvalue weighted by Crippen LogP contribution is 2.19. The number of aliphatic imine (C=N–C) groups is 1. The first-order chi connectivity index (χ1) is 11.0. The van der Waals surface area contributed by atoms with Crippen molar-refractivity contribution in [2.45, 2.75) is 26.8 Å². The van der Waals surface area contributed by atoms with E-state index in [9.17, 15) is 0 Å². The van der Waals surface area contributed by atoms with Gasteiger partial charge in [0.05, 0.1) is 12.2 Å². The van der Waals surface area contributed by atoms with Gasteiger partial charge in [0.1, 0.15) is 5.76 Å². The van der Waals surface area contributed by atoms with Gasteiger partial charge in [0.2, 0.25) is 5.89 Å². The Morgan fingerprint density at radius 3 is 2.43 bits per heavy atom. The molecular weight excluding hydrogens is 335 g/mol. The summed E-state index contributed by atoms with van der Waals surface area (Å²) < 4.78 is 5.52. The normalized spacial score (nSPS) is 11.6. The van der Waals surface area contributed by atoms with E-state index in [-0.39, 0.29) is 0 Å². The highest BCUT2D eigenvalue weighted by atomic mass is 35.5. The predicted octanol–water partition coefficient (Wildman–Crippen LogP) is 3.51. The summed E-state index contributed by atoms with van der Waals surface area (Å²) in [7, 11) is 1.72. The van der Waals surface area contributed by atoms with E-state index in [1.54, 1.807) is 13.1 Å². The van der Waals surface area contributed by atoms with Crippen LogP contribution in [0.1, 0.15) is 22.9 Å². The molecule has 23 heavy (non-hydrogen) atoms. The van der Waals surface area contributed by atoms with Crippen molar-refractivity contribution in [2.75, 3.05) is 13.6 Å². The highest BCUT2D eigenvalue weighted by Gasteiger charge is 2.06. The maximum absolute atomic E-state index is 5.99. The Morgan fingerprint density at radius 1 is 1.17 bits per heavy atom. The molecule has 0 spiro atoms. The molecule has 7 heteroatoms. The number of nitrogens with zero attached hydrogens (tertiary/aromatic N) is 2. The molecule has 1 aromatic heterocycles. The van der Waals surface area contributed by atoms with Crippen LogP contribution in [0.5, 0.6) is 0 Å². The third-order valence-electron chi connectivity index (χ3n) is 3.33. The van der Waals surface area contributed by atoms with Crippen LogP contribution in [0.4, 0.5) is 0 Å². The highest BCUT2D eigenvalue weighted by molar-refractivity contribution is 6.34. The number of benzene rings is 1. The lowest BCUT2D eigenvalue weighted by Crippen LogP contribution is -2.37. The zero-order valence-corrected chi connectivity index (χ0v) is 14.9. The minimum Gasteiger partial charge on any atom is -0.444 e. The third-order valence-corrected chi connectivity index (χ3v) is 3.77. The Kier molecular flexibility index (Phi) is 6.30. The Bertz CT molecular complexity index is 658. The molecule has 0 amide bonds. The molecule has 2 aromatic rings. The Hall–Kier alpha value is -1.72. The maximum atomic E-state index is 5.99. The standard InChI is InChI=1S/C16H20Cl2N4O/c1-10-11(2)23-15(22-10)9-21-16(19-3)20-5-4-12-6-13(17)8-14(18)7-12/h6-8H,4-5,9H2,1-3H3,(H2,19,20,21). The van der Waals surface area contributed by atoms with Crippen molar-refractivity contribution < 1.29 is 4.42 Å². The molecule has 1 heterocycles. The fourth-order valence-electron chi connectivity index (χ4n) is 2.08. The maximum Gasteiger partial charge on any atom is 0.214 e. The van der Waals surface area contributed by atoms with Gasteiger partial charge in [-0.15, -0.1) is 0 Å². The molecule has 2 N–H and O–H groups in total. The lowest BCUT2D eigenvalue weighted by molar-refractivity contribution is 0.464. The summed E-state index contributed by atoms with van der Waals surface area (Å²) in [5, 5.41) is 7.68. The number of rotatable bonds is 5. The molecule has 0 aliphatic carbocycles. The first-order valence-electron chi connectivity index (χ1n) is 7.30. The lowest BCUT2D eigenvalue weighted by atomic mass is 10.1. The number of guanidine groups is 1. The molecule has 124 valence electrons. The molecular formula is C16H20Cl2N4O. The number of nitrogens with one attached hydrogen (secondary N) is 2. The molecule has 0 unspecified atom stereocenters. The Balaban J connectivity index is 1.81. The van der Waals surface area contributed by atoms with E-state index >= 15 is 0 Å². The van der Waals surface area contributed by atoms with Crippen LogP contribution in [0, 0.1) is 13.8 Å². The van der Waals surface area contributed by atoms with Crippen molar-refractivity contribution in [1.29, 1.82) is 0 Å². The quantitative estimate of drug-likeness (QED) is 0.637. The molecule has 0 atom stereocenters. The third kappa shape index (κ3) is 5.44. The van der Waals surface area contributed by atoms with E-state index in [4.69, 9.17) is 27.6 Å². The largest absolute Gasteiger partial charge is 0.444 e. The van der Waals surface area contributed by atoms with Crippen molar-refractivity contribution in [2.24, 2.45) is 4.99 Å². The summed E-state index contributed by atoms with van der Waals surface area (Å²) in [6.45, 7) is 5.01. The topological polar surface area (TPSA) is 62.5 Å². The van der Waals surface area contributed by atoms with Crippen LogP contribution in [0.3, 0.4) is 0 Å². The van der Waals surface area contributed by atoms with Crippen molar-refractivity contribution in [3.8, 4) is 0 Å². The van der Waals surface area contributed by atoms with E-state index in [0.717, 1.165) is 23.4 Å². The van der Waals surface area contributed by atoms with Gasteiger partial charge in [-0.1, -0.05) is 23.2 Å². The summed E-state index contributed by atoms with van der Waals surface area (Å²) in [5.74, 6) is 2.17. The molecule has 0 fully saturated rings. The average molecular weight is 355 g/mol.